The lowest BCUT2D eigenvalue weighted by molar-refractivity contribution is -0.123. The highest BCUT2D eigenvalue weighted by molar-refractivity contribution is 7.51. The number of halogens is 1. The second kappa shape index (κ2) is 8.91. The van der Waals surface area contributed by atoms with Crippen LogP contribution < -0.4 is 4.74 Å². The Kier molecular flexibility index (Phi) is 6.26. The van der Waals surface area contributed by atoms with E-state index in [9.17, 15) is 9.18 Å². The highest BCUT2D eigenvalue weighted by atomic mass is 31.1. The molecular formula is C23H29FN3O2P. The standard InChI is InChI=1S/C23H29FN3O2P/c1-25(2)14-16-8-10-26(11-9-16)18-5-7-23-27(15-18)22(28)13-21(30-23)17-4-6-20(29-3)19(24)12-17/h4-7,12-13,15-16,23,30H,8-11,14H2,1-3H3. The van der Waals surface area contributed by atoms with Crippen molar-refractivity contribution in [3.63, 3.8) is 0 Å². The molecule has 3 aliphatic heterocycles. The molecule has 0 spiro atoms. The number of hydrogen-bond donors (Lipinski definition) is 0. The van der Waals surface area contributed by atoms with E-state index in [2.05, 4.69) is 36.0 Å². The number of piperidine rings is 1. The zero-order valence-corrected chi connectivity index (χ0v) is 18.8. The van der Waals surface area contributed by atoms with Gasteiger partial charge in [-0.15, -0.1) is 0 Å². The molecule has 3 aliphatic rings. The number of rotatable bonds is 5. The van der Waals surface area contributed by atoms with Gasteiger partial charge in [0.15, 0.2) is 11.6 Å². The SMILES string of the molecule is COc1ccc(C2=CC(=O)N3C=C(N4CCC(CN(C)C)CC4)C=CC3P2)cc1F. The molecule has 2 unspecified atom stereocenters. The van der Waals surface area contributed by atoms with E-state index < -0.39 is 5.82 Å². The van der Waals surface area contributed by atoms with Crippen molar-refractivity contribution in [3.8, 4) is 5.75 Å². The van der Waals surface area contributed by atoms with Crippen LogP contribution in [0.25, 0.3) is 5.31 Å². The van der Waals surface area contributed by atoms with E-state index in [1.807, 2.05) is 17.2 Å². The molecule has 0 N–H and O–H groups in total. The lowest BCUT2D eigenvalue weighted by Gasteiger charge is -2.39. The summed E-state index contributed by atoms with van der Waals surface area (Å²) in [5.74, 6) is 0.498. The third-order valence-corrected chi connectivity index (χ3v) is 7.42. The number of allylic oxidation sites excluding steroid dienone is 1. The summed E-state index contributed by atoms with van der Waals surface area (Å²) in [6.07, 6.45) is 10.3. The van der Waals surface area contributed by atoms with E-state index in [1.165, 1.54) is 26.0 Å². The predicted molar refractivity (Wildman–Crippen MR) is 120 cm³/mol. The van der Waals surface area contributed by atoms with Gasteiger partial charge in [0.25, 0.3) is 5.91 Å². The van der Waals surface area contributed by atoms with Gasteiger partial charge in [0.1, 0.15) is 0 Å². The van der Waals surface area contributed by atoms with Crippen molar-refractivity contribution < 1.29 is 13.9 Å². The molecule has 1 aromatic rings. The molecule has 0 aliphatic carbocycles. The van der Waals surface area contributed by atoms with E-state index in [0.29, 0.717) is 8.58 Å². The van der Waals surface area contributed by atoms with Crippen molar-refractivity contribution in [1.82, 2.24) is 14.7 Å². The molecule has 3 heterocycles. The lowest BCUT2D eigenvalue weighted by atomic mass is 9.96. The summed E-state index contributed by atoms with van der Waals surface area (Å²) in [5, 5.41) is 0.883. The van der Waals surface area contributed by atoms with E-state index in [-0.39, 0.29) is 17.4 Å². The van der Waals surface area contributed by atoms with Gasteiger partial charge in [0, 0.05) is 31.9 Å². The van der Waals surface area contributed by atoms with Crippen LogP contribution in [0.2, 0.25) is 0 Å². The normalized spacial score (nSPS) is 23.0. The number of likely N-dealkylation sites (tertiary alicyclic amines) is 1. The van der Waals surface area contributed by atoms with Crippen LogP contribution in [0.15, 0.2) is 48.3 Å². The zero-order chi connectivity index (χ0) is 21.3. The molecule has 5 nitrogen and oxygen atoms in total. The van der Waals surface area contributed by atoms with Crippen molar-refractivity contribution >= 4 is 19.8 Å². The molecule has 0 radical (unpaired) electrons. The number of benzene rings is 1. The first-order chi connectivity index (χ1) is 14.4. The fraction of sp³-hybridized carbons (Fsp3) is 0.435. The van der Waals surface area contributed by atoms with E-state index in [1.54, 1.807) is 12.1 Å². The summed E-state index contributed by atoms with van der Waals surface area (Å²) in [4.78, 5) is 19.3. The monoisotopic (exact) mass is 429 g/mol. The van der Waals surface area contributed by atoms with Gasteiger partial charge in [-0.2, -0.15) is 0 Å². The summed E-state index contributed by atoms with van der Waals surface area (Å²) in [6.45, 7) is 3.18. The summed E-state index contributed by atoms with van der Waals surface area (Å²) < 4.78 is 19.1. The van der Waals surface area contributed by atoms with Gasteiger partial charge in [0.2, 0.25) is 0 Å². The highest BCUT2D eigenvalue weighted by Crippen LogP contribution is 2.45. The molecule has 30 heavy (non-hydrogen) atoms. The Morgan fingerprint density at radius 2 is 2.03 bits per heavy atom. The minimum atomic E-state index is -0.408. The quantitative estimate of drug-likeness (QED) is 0.669. The van der Waals surface area contributed by atoms with Gasteiger partial charge >= 0.3 is 0 Å². The van der Waals surface area contributed by atoms with Gasteiger partial charge in [0.05, 0.1) is 18.6 Å². The van der Waals surface area contributed by atoms with Crippen molar-refractivity contribution in [2.24, 2.45) is 5.92 Å². The Morgan fingerprint density at radius 3 is 2.70 bits per heavy atom. The van der Waals surface area contributed by atoms with Crippen LogP contribution in [0.3, 0.4) is 0 Å². The van der Waals surface area contributed by atoms with Crippen molar-refractivity contribution in [1.29, 1.82) is 0 Å². The van der Waals surface area contributed by atoms with Crippen LogP contribution in [0.4, 0.5) is 4.39 Å². The fourth-order valence-electron chi connectivity index (χ4n) is 4.34. The number of nitrogens with zero attached hydrogens (tertiary/aromatic N) is 3. The van der Waals surface area contributed by atoms with E-state index in [0.717, 1.165) is 42.1 Å². The first-order valence-corrected chi connectivity index (χ1v) is 11.5. The molecule has 1 saturated heterocycles. The van der Waals surface area contributed by atoms with Crippen molar-refractivity contribution in [2.75, 3.05) is 40.8 Å². The van der Waals surface area contributed by atoms with Gasteiger partial charge in [-0.25, -0.2) is 4.39 Å². The second-order valence-corrected chi connectivity index (χ2v) is 9.77. The Morgan fingerprint density at radius 1 is 1.27 bits per heavy atom. The summed E-state index contributed by atoms with van der Waals surface area (Å²) in [5.41, 5.74) is 1.85. The molecule has 1 amide bonds. The first kappa shape index (κ1) is 21.1. The topological polar surface area (TPSA) is 36.0 Å². The fourth-order valence-corrected chi connectivity index (χ4v) is 5.72. The van der Waals surface area contributed by atoms with Gasteiger partial charge < -0.3 is 19.4 Å². The third-order valence-electron chi connectivity index (χ3n) is 5.91. The maximum Gasteiger partial charge on any atom is 0.252 e. The van der Waals surface area contributed by atoms with Gasteiger partial charge in [-0.1, -0.05) is 20.7 Å². The molecule has 4 rings (SSSR count). The number of carbonyl (C=O) groups excluding carboxylic acids is 1. The summed E-state index contributed by atoms with van der Waals surface area (Å²) in [6, 6.07) is 4.88. The zero-order valence-electron chi connectivity index (χ0n) is 17.8. The maximum atomic E-state index is 14.1. The molecule has 1 fully saturated rings. The first-order valence-electron chi connectivity index (χ1n) is 10.4. The number of ether oxygens (including phenoxy) is 1. The minimum Gasteiger partial charge on any atom is -0.494 e. The molecule has 160 valence electrons. The third kappa shape index (κ3) is 4.45. The summed E-state index contributed by atoms with van der Waals surface area (Å²) >= 11 is 0. The molecule has 0 bridgehead atoms. The van der Waals surface area contributed by atoms with Crippen LogP contribution in [0, 0.1) is 11.7 Å². The van der Waals surface area contributed by atoms with Gasteiger partial charge in [-0.05, 0) is 61.9 Å². The Balaban J connectivity index is 1.46. The van der Waals surface area contributed by atoms with Crippen LogP contribution in [-0.2, 0) is 4.79 Å². The predicted octanol–water partition coefficient (Wildman–Crippen LogP) is 3.71. The van der Waals surface area contributed by atoms with Crippen molar-refractivity contribution in [2.45, 2.75) is 18.6 Å². The van der Waals surface area contributed by atoms with Crippen LogP contribution in [-0.4, -0.2) is 67.2 Å². The minimum absolute atomic E-state index is 0.00214. The van der Waals surface area contributed by atoms with E-state index in [4.69, 9.17) is 4.74 Å². The van der Waals surface area contributed by atoms with Crippen LogP contribution in [0.1, 0.15) is 18.4 Å². The highest BCUT2D eigenvalue weighted by Gasteiger charge is 2.30. The Hall–Kier alpha value is -2.17. The molecule has 7 heteroatoms. The molecular weight excluding hydrogens is 400 g/mol. The largest absolute Gasteiger partial charge is 0.494 e. The summed E-state index contributed by atoms with van der Waals surface area (Å²) in [7, 11) is 6.08. The number of amides is 1. The second-order valence-electron chi connectivity index (χ2n) is 8.35. The average molecular weight is 429 g/mol. The smallest absolute Gasteiger partial charge is 0.252 e. The Bertz CT molecular complexity index is 904. The van der Waals surface area contributed by atoms with Gasteiger partial charge in [-0.3, -0.25) is 4.79 Å². The maximum absolute atomic E-state index is 14.1. The average Bonchev–Trinajstić information content (AvgIpc) is 2.73. The lowest BCUT2D eigenvalue weighted by Crippen LogP contribution is -2.40. The number of fused-ring (bicyclic) bond motifs is 1. The van der Waals surface area contributed by atoms with Crippen LogP contribution >= 0.6 is 8.58 Å². The number of carbonyl (C=O) groups is 1. The van der Waals surface area contributed by atoms with Crippen molar-refractivity contribution in [3.05, 3.63) is 59.7 Å². The number of methoxy groups -OCH3 is 1. The molecule has 0 aromatic heterocycles. The number of hydrogen-bond acceptors (Lipinski definition) is 4. The molecule has 0 saturated carbocycles. The van der Waals surface area contributed by atoms with Crippen LogP contribution in [0.5, 0.6) is 5.75 Å². The van der Waals surface area contributed by atoms with E-state index >= 15 is 0 Å². The molecule has 2 atom stereocenters. The Labute approximate surface area is 179 Å². The molecule has 1 aromatic carbocycles.